The van der Waals surface area contributed by atoms with Crippen LogP contribution in [-0.2, 0) is 21.4 Å². The number of benzene rings is 2. The Morgan fingerprint density at radius 1 is 1.00 bits per heavy atom. The Kier molecular flexibility index (Phi) is 11.9. The molecule has 1 atom stereocenters. The van der Waals surface area contributed by atoms with Crippen molar-refractivity contribution in [3.8, 4) is 0 Å². The van der Waals surface area contributed by atoms with Gasteiger partial charge in [-0.15, -0.1) is 12.4 Å². The van der Waals surface area contributed by atoms with Crippen LogP contribution in [0, 0.1) is 5.92 Å². The van der Waals surface area contributed by atoms with Crippen LogP contribution in [0.25, 0.3) is 0 Å². The molecule has 1 aliphatic heterocycles. The predicted molar refractivity (Wildman–Crippen MR) is 171 cm³/mol. The van der Waals surface area contributed by atoms with E-state index in [-0.39, 0.29) is 30.5 Å². The lowest BCUT2D eigenvalue weighted by atomic mass is 9.97. The van der Waals surface area contributed by atoms with Crippen LogP contribution >= 0.6 is 23.7 Å². The molecule has 0 spiro atoms. The number of likely N-dealkylation sites (tertiary alicyclic amines) is 1. The lowest BCUT2D eigenvalue weighted by Crippen LogP contribution is -2.48. The van der Waals surface area contributed by atoms with Gasteiger partial charge in [0.2, 0.25) is 10.0 Å². The third-order valence-electron chi connectivity index (χ3n) is 8.33. The molecule has 0 radical (unpaired) electrons. The van der Waals surface area contributed by atoms with Crippen LogP contribution in [0.3, 0.4) is 0 Å². The molecule has 2 fully saturated rings. The molecule has 0 bridgehead atoms. The number of halogens is 1. The molecule has 1 aromatic heterocycles. The fourth-order valence-electron chi connectivity index (χ4n) is 5.60. The Labute approximate surface area is 260 Å². The highest BCUT2D eigenvalue weighted by atomic mass is 35.5. The average molecular weight is 632 g/mol. The van der Waals surface area contributed by atoms with E-state index in [1.165, 1.54) is 22.7 Å². The van der Waals surface area contributed by atoms with Crippen molar-refractivity contribution in [2.45, 2.75) is 55.6 Å². The van der Waals surface area contributed by atoms with Crippen molar-refractivity contribution >= 4 is 39.9 Å². The van der Waals surface area contributed by atoms with Crippen LogP contribution in [0.1, 0.15) is 49.1 Å². The van der Waals surface area contributed by atoms with Gasteiger partial charge in [-0.05, 0) is 90.6 Å². The van der Waals surface area contributed by atoms with Gasteiger partial charge in [0, 0.05) is 39.3 Å². The molecule has 7 nitrogen and oxygen atoms in total. The van der Waals surface area contributed by atoms with E-state index < -0.39 is 10.0 Å². The maximum Gasteiger partial charge on any atom is 0.410 e. The number of rotatable bonds is 13. The molecule has 3 aromatic rings. The summed E-state index contributed by atoms with van der Waals surface area (Å²) >= 11 is 1.65. The Morgan fingerprint density at radius 2 is 1.67 bits per heavy atom. The number of hydrogen-bond donors (Lipinski definition) is 0. The monoisotopic (exact) mass is 631 g/mol. The van der Waals surface area contributed by atoms with Crippen molar-refractivity contribution in [1.29, 1.82) is 0 Å². The normalized spacial score (nSPS) is 17.0. The molecule has 1 unspecified atom stereocenters. The van der Waals surface area contributed by atoms with Gasteiger partial charge in [-0.1, -0.05) is 48.5 Å². The molecule has 1 aliphatic carbocycles. The van der Waals surface area contributed by atoms with Gasteiger partial charge in [-0.2, -0.15) is 11.3 Å². The van der Waals surface area contributed by atoms with E-state index in [2.05, 4.69) is 21.7 Å². The van der Waals surface area contributed by atoms with Gasteiger partial charge in [-0.25, -0.2) is 17.5 Å². The maximum atomic E-state index is 13.2. The summed E-state index contributed by atoms with van der Waals surface area (Å²) in [6, 6.07) is 20.8. The fraction of sp³-hybridized carbons (Fsp3) is 0.469. The first kappa shape index (κ1) is 32.5. The molecule has 1 saturated heterocycles. The van der Waals surface area contributed by atoms with Crippen molar-refractivity contribution in [1.82, 2.24) is 14.1 Å². The van der Waals surface area contributed by atoms with E-state index in [0.29, 0.717) is 24.0 Å². The number of amides is 1. The molecule has 5 rings (SSSR count). The zero-order chi connectivity index (χ0) is 28.7. The van der Waals surface area contributed by atoms with Crippen LogP contribution in [0.4, 0.5) is 4.79 Å². The molecule has 228 valence electrons. The first-order valence-electron chi connectivity index (χ1n) is 14.6. The molecule has 10 heteroatoms. The summed E-state index contributed by atoms with van der Waals surface area (Å²) < 4.78 is 33.6. The molecule has 1 amide bonds. The van der Waals surface area contributed by atoms with E-state index in [1.807, 2.05) is 41.3 Å². The minimum absolute atomic E-state index is 0. The standard InChI is InChI=1S/C32H41N3O4S2.ClH/c1-33(41(37,38)31-10-6-3-7-11-31)23-28(29-17-21-40-25-29)14-18-34-19-15-30(16-20-34)35(22-26-12-13-26)32(36)39-24-27-8-4-2-5-9-27;/h2-11,17,21,25-26,28,30H,12-16,18-20,22-24H2,1H3;1H. The first-order valence-corrected chi connectivity index (χ1v) is 17.0. The molecule has 2 aliphatic rings. The fourth-order valence-corrected chi connectivity index (χ4v) is 7.58. The minimum Gasteiger partial charge on any atom is -0.445 e. The zero-order valence-electron chi connectivity index (χ0n) is 24.2. The summed E-state index contributed by atoms with van der Waals surface area (Å²) in [7, 11) is -1.87. The number of piperidine rings is 1. The molecule has 0 N–H and O–H groups in total. The number of sulfonamides is 1. The average Bonchev–Trinajstić information content (AvgIpc) is 3.67. The topological polar surface area (TPSA) is 70.2 Å². The van der Waals surface area contributed by atoms with E-state index in [4.69, 9.17) is 4.74 Å². The summed E-state index contributed by atoms with van der Waals surface area (Å²) in [6.07, 6.45) is 4.93. The summed E-state index contributed by atoms with van der Waals surface area (Å²) in [6.45, 7) is 4.28. The van der Waals surface area contributed by atoms with Crippen molar-refractivity contribution in [3.63, 3.8) is 0 Å². The van der Waals surface area contributed by atoms with E-state index >= 15 is 0 Å². The summed E-state index contributed by atoms with van der Waals surface area (Å²) in [5, 5.41) is 4.20. The number of likely N-dealkylation sites (N-methyl/N-ethyl adjacent to an activating group) is 1. The highest BCUT2D eigenvalue weighted by Crippen LogP contribution is 2.32. The van der Waals surface area contributed by atoms with Crippen molar-refractivity contribution in [2.75, 3.05) is 39.8 Å². The van der Waals surface area contributed by atoms with Crippen molar-refractivity contribution < 1.29 is 17.9 Å². The van der Waals surface area contributed by atoms with E-state index in [0.717, 1.165) is 51.0 Å². The van der Waals surface area contributed by atoms with E-state index in [9.17, 15) is 13.2 Å². The Hall–Kier alpha value is -2.43. The quantitative estimate of drug-likeness (QED) is 0.216. The van der Waals surface area contributed by atoms with Crippen LogP contribution in [0.15, 0.2) is 82.4 Å². The minimum atomic E-state index is -3.55. The summed E-state index contributed by atoms with van der Waals surface area (Å²) in [5.74, 6) is 0.717. The highest BCUT2D eigenvalue weighted by Gasteiger charge is 2.34. The van der Waals surface area contributed by atoms with Gasteiger partial charge in [0.05, 0.1) is 4.90 Å². The summed E-state index contributed by atoms with van der Waals surface area (Å²) in [4.78, 5) is 17.9. The largest absolute Gasteiger partial charge is 0.445 e. The maximum absolute atomic E-state index is 13.2. The lowest BCUT2D eigenvalue weighted by Gasteiger charge is -2.38. The number of thiophene rings is 1. The summed E-state index contributed by atoms with van der Waals surface area (Å²) in [5.41, 5.74) is 2.20. The van der Waals surface area contributed by atoms with Gasteiger partial charge in [-0.3, -0.25) is 0 Å². The number of hydrogen-bond acceptors (Lipinski definition) is 6. The lowest BCUT2D eigenvalue weighted by molar-refractivity contribution is 0.0580. The second-order valence-electron chi connectivity index (χ2n) is 11.3. The highest BCUT2D eigenvalue weighted by molar-refractivity contribution is 7.89. The zero-order valence-corrected chi connectivity index (χ0v) is 26.7. The van der Waals surface area contributed by atoms with Crippen LogP contribution in [0.5, 0.6) is 0 Å². The van der Waals surface area contributed by atoms with Crippen LogP contribution in [-0.4, -0.2) is 74.4 Å². The van der Waals surface area contributed by atoms with Crippen LogP contribution in [0.2, 0.25) is 0 Å². The molecule has 2 aromatic carbocycles. The number of carbonyl (C=O) groups is 1. The second-order valence-corrected chi connectivity index (χ2v) is 14.2. The Morgan fingerprint density at radius 3 is 2.29 bits per heavy atom. The van der Waals surface area contributed by atoms with Gasteiger partial charge >= 0.3 is 6.09 Å². The molecular weight excluding hydrogens is 590 g/mol. The SMILES string of the molecule is CN(CC(CCN1CCC(N(CC2CC2)C(=O)OCc2ccccc2)CC1)c1ccsc1)S(=O)(=O)c1ccccc1.Cl. The number of nitrogens with zero attached hydrogens (tertiary/aromatic N) is 3. The molecule has 2 heterocycles. The van der Waals surface area contributed by atoms with Gasteiger partial charge < -0.3 is 14.5 Å². The number of carbonyl (C=O) groups excluding carboxylic acids is 1. The van der Waals surface area contributed by atoms with Gasteiger partial charge in [0.1, 0.15) is 6.61 Å². The third kappa shape index (κ3) is 8.80. The van der Waals surface area contributed by atoms with Crippen LogP contribution < -0.4 is 0 Å². The molecular formula is C32H42ClN3O4S2. The van der Waals surface area contributed by atoms with Gasteiger partial charge in [0.15, 0.2) is 0 Å². The smallest absolute Gasteiger partial charge is 0.410 e. The Bertz CT molecular complexity index is 1330. The number of ether oxygens (including phenoxy) is 1. The first-order chi connectivity index (χ1) is 19.9. The van der Waals surface area contributed by atoms with Gasteiger partial charge in [0.25, 0.3) is 0 Å². The molecule has 1 saturated carbocycles. The molecule has 42 heavy (non-hydrogen) atoms. The van der Waals surface area contributed by atoms with E-state index in [1.54, 1.807) is 42.6 Å². The van der Waals surface area contributed by atoms with Crippen molar-refractivity contribution in [3.05, 3.63) is 88.6 Å². The third-order valence-corrected chi connectivity index (χ3v) is 10.9. The second kappa shape index (κ2) is 15.3. The van der Waals surface area contributed by atoms with Crippen molar-refractivity contribution in [2.24, 2.45) is 5.92 Å². The predicted octanol–water partition coefficient (Wildman–Crippen LogP) is 6.48. The Balaban J connectivity index is 0.00000405.